The van der Waals surface area contributed by atoms with Gasteiger partial charge in [0.2, 0.25) is 5.91 Å². The molecule has 0 saturated heterocycles. The average Bonchev–Trinajstić information content (AvgIpc) is 2.76. The molecule has 2 rings (SSSR count). The summed E-state index contributed by atoms with van der Waals surface area (Å²) in [6, 6.07) is 7.74. The van der Waals surface area contributed by atoms with Gasteiger partial charge in [-0.25, -0.2) is 4.98 Å². The number of benzene rings is 1. The number of imidazole rings is 1. The number of aromatic nitrogens is 2. The fourth-order valence-corrected chi connectivity index (χ4v) is 2.05. The van der Waals surface area contributed by atoms with Gasteiger partial charge in [0.1, 0.15) is 0 Å². The van der Waals surface area contributed by atoms with E-state index in [0.29, 0.717) is 5.75 Å². The molecule has 0 saturated carbocycles. The Balaban J connectivity index is 1.95. The standard InChI is InChI=1S/C12H11N3OS/c1-2-7-13-11(16)8-17-12-14-9-5-3-4-6-10(9)15-12/h1,3-6H,7-8H2,(H,13,16)(H,14,15). The Bertz CT molecular complexity index is 537. The van der Waals surface area contributed by atoms with Crippen molar-refractivity contribution >= 4 is 28.7 Å². The maximum absolute atomic E-state index is 11.3. The van der Waals surface area contributed by atoms with Gasteiger partial charge < -0.3 is 10.3 Å². The summed E-state index contributed by atoms with van der Waals surface area (Å²) in [6.45, 7) is 0.263. The van der Waals surface area contributed by atoms with Crippen LogP contribution in [-0.2, 0) is 4.79 Å². The SMILES string of the molecule is C#CCNC(=O)CSc1nc2ccccc2[nH]1. The Kier molecular flexibility index (Phi) is 3.68. The van der Waals surface area contributed by atoms with E-state index in [1.54, 1.807) is 0 Å². The highest BCUT2D eigenvalue weighted by atomic mass is 32.2. The van der Waals surface area contributed by atoms with Gasteiger partial charge in [0.15, 0.2) is 5.16 Å². The normalized spacial score (nSPS) is 10.1. The topological polar surface area (TPSA) is 57.8 Å². The Morgan fingerprint density at radius 2 is 2.35 bits per heavy atom. The minimum atomic E-state index is -0.0894. The largest absolute Gasteiger partial charge is 0.344 e. The number of hydrogen-bond donors (Lipinski definition) is 2. The minimum absolute atomic E-state index is 0.0894. The first-order chi connectivity index (χ1) is 8.29. The summed E-state index contributed by atoms with van der Waals surface area (Å²) in [5.41, 5.74) is 1.87. The van der Waals surface area contributed by atoms with Crippen LogP contribution >= 0.6 is 11.8 Å². The van der Waals surface area contributed by atoms with E-state index in [1.165, 1.54) is 11.8 Å². The highest BCUT2D eigenvalue weighted by Gasteiger charge is 2.05. The van der Waals surface area contributed by atoms with Gasteiger partial charge >= 0.3 is 0 Å². The molecule has 0 aliphatic carbocycles. The van der Waals surface area contributed by atoms with Crippen molar-refractivity contribution < 1.29 is 4.79 Å². The zero-order valence-electron chi connectivity index (χ0n) is 9.06. The maximum Gasteiger partial charge on any atom is 0.231 e. The van der Waals surface area contributed by atoms with Crippen LogP contribution in [0.15, 0.2) is 29.4 Å². The molecule has 0 unspecified atom stereocenters. The van der Waals surface area contributed by atoms with Gasteiger partial charge in [0.25, 0.3) is 0 Å². The molecule has 5 heteroatoms. The Hall–Kier alpha value is -1.93. The van der Waals surface area contributed by atoms with Gasteiger partial charge in [0, 0.05) is 0 Å². The van der Waals surface area contributed by atoms with Crippen molar-refractivity contribution in [3.8, 4) is 12.3 Å². The number of aromatic amines is 1. The molecule has 4 nitrogen and oxygen atoms in total. The fourth-order valence-electron chi connectivity index (χ4n) is 1.33. The second kappa shape index (κ2) is 5.41. The van der Waals surface area contributed by atoms with Crippen LogP contribution in [0.25, 0.3) is 11.0 Å². The average molecular weight is 245 g/mol. The highest BCUT2D eigenvalue weighted by Crippen LogP contribution is 2.18. The van der Waals surface area contributed by atoms with Crippen molar-refractivity contribution in [2.45, 2.75) is 5.16 Å². The van der Waals surface area contributed by atoms with E-state index < -0.39 is 0 Å². The Labute approximate surface area is 103 Å². The summed E-state index contributed by atoms with van der Waals surface area (Å²) >= 11 is 1.36. The molecule has 17 heavy (non-hydrogen) atoms. The highest BCUT2D eigenvalue weighted by molar-refractivity contribution is 7.99. The van der Waals surface area contributed by atoms with Crippen LogP contribution in [0.2, 0.25) is 0 Å². The molecule has 1 aromatic heterocycles. The lowest BCUT2D eigenvalue weighted by Gasteiger charge is -1.98. The maximum atomic E-state index is 11.3. The molecule has 0 radical (unpaired) electrons. The molecule has 0 aliphatic rings. The summed E-state index contributed by atoms with van der Waals surface area (Å²) in [7, 11) is 0. The number of para-hydroxylation sites is 2. The lowest BCUT2D eigenvalue weighted by molar-refractivity contribution is -0.118. The summed E-state index contributed by atoms with van der Waals surface area (Å²) in [6.07, 6.45) is 5.05. The van der Waals surface area contributed by atoms with Crippen molar-refractivity contribution in [3.05, 3.63) is 24.3 Å². The molecule has 1 aromatic carbocycles. The summed E-state index contributed by atoms with van der Waals surface area (Å²) in [5, 5.41) is 3.34. The van der Waals surface area contributed by atoms with Gasteiger partial charge in [-0.1, -0.05) is 29.8 Å². The van der Waals surface area contributed by atoms with Gasteiger partial charge in [-0.2, -0.15) is 0 Å². The van der Waals surface area contributed by atoms with E-state index in [1.807, 2.05) is 24.3 Å². The number of carbonyl (C=O) groups excluding carboxylic acids is 1. The molecule has 1 heterocycles. The predicted octanol–water partition coefficient (Wildman–Crippen LogP) is 1.40. The molecule has 0 aliphatic heterocycles. The third-order valence-electron chi connectivity index (χ3n) is 2.10. The fraction of sp³-hybridized carbons (Fsp3) is 0.167. The first kappa shape index (κ1) is 11.6. The van der Waals surface area contributed by atoms with Crippen LogP contribution in [0.5, 0.6) is 0 Å². The molecule has 0 atom stereocenters. The van der Waals surface area contributed by atoms with E-state index in [0.717, 1.165) is 16.2 Å². The van der Waals surface area contributed by atoms with Gasteiger partial charge in [-0.05, 0) is 12.1 Å². The number of terminal acetylenes is 1. The molecule has 1 amide bonds. The van der Waals surface area contributed by atoms with Crippen molar-refractivity contribution in [1.29, 1.82) is 0 Å². The van der Waals surface area contributed by atoms with Crippen LogP contribution in [0.3, 0.4) is 0 Å². The van der Waals surface area contributed by atoms with Crippen LogP contribution in [0.1, 0.15) is 0 Å². The monoisotopic (exact) mass is 245 g/mol. The Morgan fingerprint density at radius 3 is 3.12 bits per heavy atom. The smallest absolute Gasteiger partial charge is 0.231 e. The van der Waals surface area contributed by atoms with Crippen molar-refractivity contribution in [3.63, 3.8) is 0 Å². The van der Waals surface area contributed by atoms with Crippen LogP contribution < -0.4 is 5.32 Å². The predicted molar refractivity (Wildman–Crippen MR) is 68.7 cm³/mol. The molecule has 2 aromatic rings. The molecule has 86 valence electrons. The van der Waals surface area contributed by atoms with Gasteiger partial charge in [-0.3, -0.25) is 4.79 Å². The zero-order valence-corrected chi connectivity index (χ0v) is 9.88. The molecular formula is C12H11N3OS. The van der Waals surface area contributed by atoms with E-state index >= 15 is 0 Å². The number of rotatable bonds is 4. The van der Waals surface area contributed by atoms with Crippen molar-refractivity contribution in [1.82, 2.24) is 15.3 Å². The third kappa shape index (κ3) is 3.02. The minimum Gasteiger partial charge on any atom is -0.344 e. The summed E-state index contributed by atoms with van der Waals surface area (Å²) in [5.74, 6) is 2.57. The number of H-pyrrole nitrogens is 1. The van der Waals surface area contributed by atoms with Crippen molar-refractivity contribution in [2.24, 2.45) is 0 Å². The number of fused-ring (bicyclic) bond motifs is 1. The molecular weight excluding hydrogens is 234 g/mol. The zero-order chi connectivity index (χ0) is 12.1. The van der Waals surface area contributed by atoms with E-state index in [-0.39, 0.29) is 12.5 Å². The molecule has 0 fully saturated rings. The number of carbonyl (C=O) groups is 1. The molecule has 0 spiro atoms. The lowest BCUT2D eigenvalue weighted by Crippen LogP contribution is -2.25. The summed E-state index contributed by atoms with van der Waals surface area (Å²) < 4.78 is 0. The van der Waals surface area contributed by atoms with Crippen LogP contribution in [-0.4, -0.2) is 28.2 Å². The second-order valence-corrected chi connectivity index (χ2v) is 4.29. The van der Waals surface area contributed by atoms with Gasteiger partial charge in [0.05, 0.1) is 23.3 Å². The van der Waals surface area contributed by atoms with E-state index in [2.05, 4.69) is 21.2 Å². The summed E-state index contributed by atoms with van der Waals surface area (Å²) in [4.78, 5) is 18.8. The first-order valence-electron chi connectivity index (χ1n) is 5.07. The number of nitrogens with one attached hydrogen (secondary N) is 2. The Morgan fingerprint density at radius 1 is 1.53 bits per heavy atom. The van der Waals surface area contributed by atoms with Crippen LogP contribution in [0.4, 0.5) is 0 Å². The van der Waals surface area contributed by atoms with Crippen LogP contribution in [0, 0.1) is 12.3 Å². The quantitative estimate of drug-likeness (QED) is 0.632. The lowest BCUT2D eigenvalue weighted by atomic mass is 10.3. The number of amides is 1. The third-order valence-corrected chi connectivity index (χ3v) is 2.97. The van der Waals surface area contributed by atoms with E-state index in [9.17, 15) is 4.79 Å². The molecule has 0 bridgehead atoms. The number of nitrogens with zero attached hydrogens (tertiary/aromatic N) is 1. The number of thioether (sulfide) groups is 1. The van der Waals surface area contributed by atoms with Gasteiger partial charge in [-0.15, -0.1) is 6.42 Å². The second-order valence-electron chi connectivity index (χ2n) is 3.33. The molecule has 2 N–H and O–H groups in total. The van der Waals surface area contributed by atoms with E-state index in [4.69, 9.17) is 6.42 Å². The number of hydrogen-bond acceptors (Lipinski definition) is 3. The van der Waals surface area contributed by atoms with Crippen molar-refractivity contribution in [2.75, 3.05) is 12.3 Å². The first-order valence-corrected chi connectivity index (χ1v) is 6.06.